The molecule has 0 aliphatic rings. The molecular weight excluding hydrogens is 328 g/mol. The number of hydrogen-bond acceptors (Lipinski definition) is 3. The maximum absolute atomic E-state index is 4.72. The van der Waals surface area contributed by atoms with E-state index in [1.54, 1.807) is 0 Å². The number of unbranched alkanes of at least 4 members (excludes halogenated alkanes) is 2. The van der Waals surface area contributed by atoms with Crippen LogP contribution >= 0.6 is 15.9 Å². The highest BCUT2D eigenvalue weighted by molar-refractivity contribution is 9.10. The van der Waals surface area contributed by atoms with Crippen LogP contribution in [0.5, 0.6) is 0 Å². The number of hydrogen-bond donors (Lipinski definition) is 0. The second-order valence-corrected chi connectivity index (χ2v) is 6.11. The Morgan fingerprint density at radius 2 is 1.86 bits per heavy atom. The first kappa shape index (κ1) is 16.1. The van der Waals surface area contributed by atoms with Crippen molar-refractivity contribution in [3.63, 3.8) is 0 Å². The van der Waals surface area contributed by atoms with Gasteiger partial charge in [0.25, 0.3) is 0 Å². The molecule has 0 N–H and O–H groups in total. The van der Waals surface area contributed by atoms with E-state index in [1.807, 2.05) is 16.9 Å². The lowest BCUT2D eigenvalue weighted by molar-refractivity contribution is 0.610. The number of nitrogens with zero attached hydrogens (tertiary/aromatic N) is 4. The number of rotatable bonds is 8. The highest BCUT2D eigenvalue weighted by atomic mass is 79.9. The lowest BCUT2D eigenvalue weighted by Crippen LogP contribution is -2.07. The average molecular weight is 351 g/mol. The summed E-state index contributed by atoms with van der Waals surface area (Å²) in [6.45, 7) is 5.15. The first-order valence-electron chi connectivity index (χ1n) is 7.76. The largest absolute Gasteiger partial charge is 0.249 e. The molecule has 2 rings (SSSR count). The highest BCUT2D eigenvalue weighted by Crippen LogP contribution is 2.11. The Labute approximate surface area is 135 Å². The monoisotopic (exact) mass is 350 g/mol. The van der Waals surface area contributed by atoms with Gasteiger partial charge >= 0.3 is 0 Å². The number of halogens is 1. The van der Waals surface area contributed by atoms with Gasteiger partial charge in [-0.3, -0.25) is 0 Å². The molecule has 0 bridgehead atoms. The van der Waals surface area contributed by atoms with E-state index in [0.717, 1.165) is 54.0 Å². The van der Waals surface area contributed by atoms with Crippen molar-refractivity contribution in [1.82, 2.24) is 19.7 Å². The van der Waals surface area contributed by atoms with Crippen molar-refractivity contribution in [2.24, 2.45) is 0 Å². The number of aryl methyl sites for hydroxylation is 2. The van der Waals surface area contributed by atoms with Crippen LogP contribution < -0.4 is 0 Å². The summed E-state index contributed by atoms with van der Waals surface area (Å²) in [5.41, 5.74) is 1.16. The molecule has 0 aliphatic carbocycles. The predicted octanol–water partition coefficient (Wildman–Crippen LogP) is 4.17. The van der Waals surface area contributed by atoms with Crippen LogP contribution in [-0.2, 0) is 19.4 Å². The SMILES string of the molecule is CCCCc1nc(CCCC)n(Cc2ccc(Br)nc2)n1. The molecule has 0 saturated heterocycles. The summed E-state index contributed by atoms with van der Waals surface area (Å²) < 4.78 is 2.91. The van der Waals surface area contributed by atoms with E-state index in [-0.39, 0.29) is 0 Å². The zero-order chi connectivity index (χ0) is 15.1. The molecule has 0 amide bonds. The summed E-state index contributed by atoms with van der Waals surface area (Å²) in [5, 5.41) is 4.68. The van der Waals surface area contributed by atoms with Crippen molar-refractivity contribution in [3.8, 4) is 0 Å². The van der Waals surface area contributed by atoms with Gasteiger partial charge in [-0.15, -0.1) is 0 Å². The molecule has 2 heterocycles. The van der Waals surface area contributed by atoms with Gasteiger partial charge in [-0.05, 0) is 40.4 Å². The molecule has 21 heavy (non-hydrogen) atoms. The van der Waals surface area contributed by atoms with Crippen molar-refractivity contribution in [3.05, 3.63) is 40.1 Å². The fraction of sp³-hybridized carbons (Fsp3) is 0.562. The second kappa shape index (κ2) is 8.27. The van der Waals surface area contributed by atoms with Crippen molar-refractivity contribution < 1.29 is 0 Å². The summed E-state index contributed by atoms with van der Waals surface area (Å²) in [6, 6.07) is 4.05. The van der Waals surface area contributed by atoms with Crippen LogP contribution in [-0.4, -0.2) is 19.7 Å². The molecule has 5 heteroatoms. The molecule has 2 aromatic heterocycles. The van der Waals surface area contributed by atoms with Crippen LogP contribution in [0.1, 0.15) is 56.7 Å². The minimum Gasteiger partial charge on any atom is -0.249 e. The fourth-order valence-electron chi connectivity index (χ4n) is 2.19. The van der Waals surface area contributed by atoms with Crippen molar-refractivity contribution >= 4 is 15.9 Å². The van der Waals surface area contributed by atoms with E-state index in [9.17, 15) is 0 Å². The minimum absolute atomic E-state index is 0.748. The third kappa shape index (κ3) is 4.92. The lowest BCUT2D eigenvalue weighted by atomic mass is 10.2. The summed E-state index contributed by atoms with van der Waals surface area (Å²) >= 11 is 3.37. The smallest absolute Gasteiger partial charge is 0.150 e. The molecule has 4 nitrogen and oxygen atoms in total. The Balaban J connectivity index is 2.14. The van der Waals surface area contributed by atoms with Crippen molar-refractivity contribution in [2.45, 2.75) is 58.9 Å². The Morgan fingerprint density at radius 1 is 1.10 bits per heavy atom. The second-order valence-electron chi connectivity index (χ2n) is 5.30. The fourth-order valence-corrected chi connectivity index (χ4v) is 2.42. The Bertz CT molecular complexity index is 548. The molecule has 0 unspecified atom stereocenters. The highest BCUT2D eigenvalue weighted by Gasteiger charge is 2.10. The molecule has 0 spiro atoms. The van der Waals surface area contributed by atoms with Crippen molar-refractivity contribution in [2.75, 3.05) is 0 Å². The van der Waals surface area contributed by atoms with Crippen LogP contribution in [0, 0.1) is 0 Å². The van der Waals surface area contributed by atoms with E-state index < -0.39 is 0 Å². The summed E-state index contributed by atoms with van der Waals surface area (Å²) in [6.07, 6.45) is 8.52. The quantitative estimate of drug-likeness (QED) is 0.671. The van der Waals surface area contributed by atoms with Gasteiger partial charge in [0, 0.05) is 19.0 Å². The lowest BCUT2D eigenvalue weighted by Gasteiger charge is -2.05. The van der Waals surface area contributed by atoms with Gasteiger partial charge in [-0.25, -0.2) is 14.6 Å². The summed E-state index contributed by atoms with van der Waals surface area (Å²) in [4.78, 5) is 9.00. The molecule has 0 fully saturated rings. The molecule has 0 radical (unpaired) electrons. The maximum Gasteiger partial charge on any atom is 0.150 e. The Morgan fingerprint density at radius 3 is 2.52 bits per heavy atom. The van der Waals surface area contributed by atoms with Gasteiger partial charge < -0.3 is 0 Å². The Kier molecular flexibility index (Phi) is 6.36. The number of pyridine rings is 1. The van der Waals surface area contributed by atoms with E-state index in [1.165, 1.54) is 12.8 Å². The normalized spacial score (nSPS) is 11.0. The molecular formula is C16H23BrN4. The average Bonchev–Trinajstić information content (AvgIpc) is 2.87. The van der Waals surface area contributed by atoms with E-state index >= 15 is 0 Å². The van der Waals surface area contributed by atoms with Crippen LogP contribution in [0.3, 0.4) is 0 Å². The summed E-state index contributed by atoms with van der Waals surface area (Å²) in [5.74, 6) is 2.08. The maximum atomic E-state index is 4.72. The Hall–Kier alpha value is -1.23. The van der Waals surface area contributed by atoms with Gasteiger partial charge in [0.05, 0.1) is 6.54 Å². The van der Waals surface area contributed by atoms with Gasteiger partial charge in [-0.1, -0.05) is 32.8 Å². The minimum atomic E-state index is 0.748. The zero-order valence-corrected chi connectivity index (χ0v) is 14.4. The third-order valence-electron chi connectivity index (χ3n) is 3.42. The molecule has 0 aliphatic heterocycles. The molecule has 0 aromatic carbocycles. The van der Waals surface area contributed by atoms with Gasteiger partial charge in [0.1, 0.15) is 10.4 Å². The summed E-state index contributed by atoms with van der Waals surface area (Å²) in [7, 11) is 0. The molecule has 114 valence electrons. The topological polar surface area (TPSA) is 43.6 Å². The third-order valence-corrected chi connectivity index (χ3v) is 3.89. The standard InChI is InChI=1S/C16H23BrN4/c1-3-5-7-15-19-16(8-6-4-2)21(20-15)12-13-9-10-14(17)18-11-13/h9-11H,3-8,12H2,1-2H3. The van der Waals surface area contributed by atoms with Crippen LogP contribution in [0.15, 0.2) is 22.9 Å². The number of aromatic nitrogens is 4. The van der Waals surface area contributed by atoms with E-state index in [4.69, 9.17) is 4.98 Å². The van der Waals surface area contributed by atoms with Gasteiger partial charge in [0.2, 0.25) is 0 Å². The first-order valence-corrected chi connectivity index (χ1v) is 8.55. The van der Waals surface area contributed by atoms with Crippen LogP contribution in [0.25, 0.3) is 0 Å². The first-order chi connectivity index (χ1) is 10.2. The van der Waals surface area contributed by atoms with Gasteiger partial charge in [0.15, 0.2) is 5.82 Å². The molecule has 0 atom stereocenters. The molecule has 2 aromatic rings. The predicted molar refractivity (Wildman–Crippen MR) is 88.3 cm³/mol. The van der Waals surface area contributed by atoms with E-state index in [2.05, 4.69) is 45.9 Å². The van der Waals surface area contributed by atoms with E-state index in [0.29, 0.717) is 0 Å². The van der Waals surface area contributed by atoms with Crippen LogP contribution in [0.2, 0.25) is 0 Å². The van der Waals surface area contributed by atoms with Crippen molar-refractivity contribution in [1.29, 1.82) is 0 Å². The van der Waals surface area contributed by atoms with Crippen LogP contribution in [0.4, 0.5) is 0 Å². The van der Waals surface area contributed by atoms with Gasteiger partial charge in [-0.2, -0.15) is 5.10 Å². The molecule has 0 saturated carbocycles. The zero-order valence-electron chi connectivity index (χ0n) is 12.8.